The first-order valence-corrected chi connectivity index (χ1v) is 18.3. The summed E-state index contributed by atoms with van der Waals surface area (Å²) >= 11 is 0. The predicted molar refractivity (Wildman–Crippen MR) is 184 cm³/mol. The highest BCUT2D eigenvalue weighted by molar-refractivity contribution is 5.66. The molecule has 8 nitrogen and oxygen atoms in total. The molecule has 264 valence electrons. The monoisotopic (exact) mass is 640 g/mol. The summed E-state index contributed by atoms with van der Waals surface area (Å²) in [6.45, 7) is 4.16. The van der Waals surface area contributed by atoms with E-state index in [1.807, 2.05) is 18.2 Å². The third-order valence-corrected chi connectivity index (χ3v) is 8.33. The number of aliphatic hydroxyl groups excluding tert-OH is 3. The number of carboxylic acids is 1. The van der Waals surface area contributed by atoms with Crippen molar-refractivity contribution >= 4 is 12.4 Å². The molecule has 8 heteroatoms. The predicted octanol–water partition coefficient (Wildman–Crippen LogP) is 7.78. The van der Waals surface area contributed by atoms with Crippen molar-refractivity contribution in [3.8, 4) is 0 Å². The number of carboxylic acid groups (broad SMARTS) is 1. The van der Waals surface area contributed by atoms with Gasteiger partial charge in [-0.1, -0.05) is 147 Å². The van der Waals surface area contributed by atoms with E-state index in [1.165, 1.54) is 77.0 Å². The fourth-order valence-electron chi connectivity index (χ4n) is 5.29. The van der Waals surface area contributed by atoms with Crippen LogP contribution in [0, 0.1) is 0 Å². The molecule has 0 radical (unpaired) electrons. The molecule has 0 aromatic heterocycles. The minimum Gasteiger partial charge on any atom is -0.481 e. The topological polar surface area (TPSA) is 140 Å². The molecule has 1 rings (SSSR count). The van der Waals surface area contributed by atoms with E-state index in [2.05, 4.69) is 19.2 Å². The zero-order valence-electron chi connectivity index (χ0n) is 28.8. The van der Waals surface area contributed by atoms with Crippen molar-refractivity contribution in [2.75, 3.05) is 6.61 Å². The highest BCUT2D eigenvalue weighted by Crippen LogP contribution is 2.29. The molecule has 1 saturated heterocycles. The molecule has 1 heterocycles. The average molecular weight is 640 g/mol. The first-order valence-electron chi connectivity index (χ1n) is 18.3. The van der Waals surface area contributed by atoms with Gasteiger partial charge in [-0.15, -0.1) is 0 Å². The number of rotatable bonds is 31. The summed E-state index contributed by atoms with van der Waals surface area (Å²) < 4.78 is 5.58. The van der Waals surface area contributed by atoms with Crippen molar-refractivity contribution in [2.24, 2.45) is 0 Å². The zero-order chi connectivity index (χ0) is 33.4. The number of hydrogen-bond acceptors (Lipinski definition) is 6. The average Bonchev–Trinajstić information content (AvgIpc) is 3.79. The van der Waals surface area contributed by atoms with Crippen molar-refractivity contribution in [2.45, 2.75) is 192 Å². The molecule has 1 aliphatic rings. The maximum atomic E-state index is 10.4. The first kappa shape index (κ1) is 43.3. The second kappa shape index (κ2) is 32.2. The Bertz CT molecular complexity index is 730. The number of carbonyl (C=O) groups is 2. The van der Waals surface area contributed by atoms with Gasteiger partial charge in [-0.3, -0.25) is 9.59 Å². The van der Waals surface area contributed by atoms with E-state index in [-0.39, 0.29) is 18.8 Å². The van der Waals surface area contributed by atoms with Crippen LogP contribution in [0.5, 0.6) is 0 Å². The fraction of sp³-hybridized carbons (Fsp3) is 0.838. The summed E-state index contributed by atoms with van der Waals surface area (Å²) in [5, 5.41) is 39.5. The maximum absolute atomic E-state index is 10.4. The molecule has 1 fully saturated rings. The third-order valence-electron chi connectivity index (χ3n) is 8.33. The number of amides is 1. The van der Waals surface area contributed by atoms with Gasteiger partial charge in [0.15, 0.2) is 0 Å². The number of epoxide rings is 1. The number of nitrogens with one attached hydrogen (secondary N) is 1. The summed E-state index contributed by atoms with van der Waals surface area (Å²) in [6.07, 6.45) is 33.7. The van der Waals surface area contributed by atoms with Crippen molar-refractivity contribution in [1.29, 1.82) is 0 Å². The number of aliphatic hydroxyl groups is 3. The maximum Gasteiger partial charge on any atom is 0.303 e. The molecule has 0 aliphatic carbocycles. The largest absolute Gasteiger partial charge is 0.481 e. The lowest BCUT2D eigenvalue weighted by Crippen LogP contribution is -2.41. The van der Waals surface area contributed by atoms with Crippen LogP contribution < -0.4 is 5.32 Å². The molecule has 5 atom stereocenters. The quantitative estimate of drug-likeness (QED) is 0.0226. The van der Waals surface area contributed by atoms with E-state index in [1.54, 1.807) is 6.08 Å². The number of ether oxygens (including phenoxy) is 1. The number of allylic oxidation sites excluding steroid dienone is 1. The highest BCUT2D eigenvalue weighted by Gasteiger charge is 2.35. The van der Waals surface area contributed by atoms with Crippen molar-refractivity contribution in [3.63, 3.8) is 0 Å². The number of aliphatic carboxylic acids is 1. The van der Waals surface area contributed by atoms with Crippen LogP contribution in [0.1, 0.15) is 162 Å². The summed E-state index contributed by atoms with van der Waals surface area (Å²) in [6, 6.07) is -0.610. The zero-order valence-corrected chi connectivity index (χ0v) is 28.8. The Hall–Kier alpha value is -1.74. The van der Waals surface area contributed by atoms with Crippen LogP contribution in [-0.4, -0.2) is 69.9 Å². The van der Waals surface area contributed by atoms with Crippen LogP contribution in [0.4, 0.5) is 0 Å². The van der Waals surface area contributed by atoms with Gasteiger partial charge >= 0.3 is 5.97 Å². The Balaban J connectivity index is 0.000000861. The van der Waals surface area contributed by atoms with E-state index in [9.17, 15) is 19.8 Å². The van der Waals surface area contributed by atoms with Crippen LogP contribution in [0.2, 0.25) is 0 Å². The number of carbonyl (C=O) groups excluding carboxylic acids is 1. The van der Waals surface area contributed by atoms with E-state index < -0.39 is 18.1 Å². The lowest BCUT2D eigenvalue weighted by Gasteiger charge is -2.16. The Kier molecular flexibility index (Phi) is 31.0. The second-order valence-corrected chi connectivity index (χ2v) is 12.6. The van der Waals surface area contributed by atoms with Gasteiger partial charge in [0, 0.05) is 6.42 Å². The Morgan fingerprint density at radius 2 is 1.33 bits per heavy atom. The van der Waals surface area contributed by atoms with Crippen LogP contribution in [0.15, 0.2) is 24.3 Å². The Morgan fingerprint density at radius 3 is 1.91 bits per heavy atom. The van der Waals surface area contributed by atoms with Gasteiger partial charge in [-0.05, 0) is 32.1 Å². The van der Waals surface area contributed by atoms with Gasteiger partial charge in [0.05, 0.1) is 31.0 Å². The summed E-state index contributed by atoms with van der Waals surface area (Å²) in [4.78, 5) is 20.7. The van der Waals surface area contributed by atoms with Gasteiger partial charge in [0.25, 0.3) is 0 Å². The third kappa shape index (κ3) is 29.4. The molecular weight excluding hydrogens is 570 g/mol. The van der Waals surface area contributed by atoms with E-state index in [0.29, 0.717) is 18.9 Å². The van der Waals surface area contributed by atoms with Gasteiger partial charge in [0.1, 0.15) is 6.10 Å². The minimum atomic E-state index is -0.821. The Morgan fingerprint density at radius 1 is 0.778 bits per heavy atom. The summed E-state index contributed by atoms with van der Waals surface area (Å²) in [7, 11) is 0. The molecule has 0 unspecified atom stereocenters. The molecular formula is C37H69NO7. The van der Waals surface area contributed by atoms with E-state index >= 15 is 0 Å². The summed E-state index contributed by atoms with van der Waals surface area (Å²) in [5.41, 5.74) is 0. The normalized spacial score (nSPS) is 18.0. The first-order chi connectivity index (χ1) is 21.9. The lowest BCUT2D eigenvalue weighted by atomic mass is 10.0. The smallest absolute Gasteiger partial charge is 0.303 e. The lowest BCUT2D eigenvalue weighted by molar-refractivity contribution is -0.137. The Labute approximate surface area is 275 Å². The van der Waals surface area contributed by atoms with Crippen LogP contribution in [0.3, 0.4) is 0 Å². The van der Waals surface area contributed by atoms with Crippen LogP contribution in [-0.2, 0) is 14.3 Å². The van der Waals surface area contributed by atoms with Crippen molar-refractivity contribution in [3.05, 3.63) is 24.3 Å². The summed E-state index contributed by atoms with van der Waals surface area (Å²) in [5.74, 6) is -0.696. The molecule has 0 saturated carbocycles. The standard InChI is InChI=1S/C19H37NO3.C18H32O4/c1-2-3-4-5-6-7-8-9-10-11-12-13-14-15-19(23)18(16-21)20-17-22;1-2-3-7-10-15(19)13-14-17-16(22-17)11-8-5-4-6-9-12-18(20)21/h14-15,17-19,21,23H,2-13,16H2,1H3,(H,20,22);13-17,19H,2-12H2,1H3,(H,20,21)/b15-14+;14-13+/t18-,19+;15-,16-,17-/m01/s1. The highest BCUT2D eigenvalue weighted by atomic mass is 16.6. The molecule has 1 amide bonds. The molecule has 0 aromatic carbocycles. The SMILES string of the molecule is CCCCCCCCCCCCC/C=C/[C@@H](O)[C@H](CO)NC=O.CCCCC[C@@H](O)/C=C/[C@H]1O[C@@H]1CCCCCCCC(=O)O. The minimum absolute atomic E-state index is 0.202. The van der Waals surface area contributed by atoms with Gasteiger partial charge in [-0.2, -0.15) is 0 Å². The molecule has 5 N–H and O–H groups in total. The van der Waals surface area contributed by atoms with E-state index in [4.69, 9.17) is 14.9 Å². The number of unbranched alkanes of at least 4 members (excludes halogenated alkanes) is 17. The molecule has 1 aliphatic heterocycles. The fourth-order valence-corrected chi connectivity index (χ4v) is 5.29. The molecule has 0 spiro atoms. The van der Waals surface area contributed by atoms with Crippen molar-refractivity contribution in [1.82, 2.24) is 5.32 Å². The van der Waals surface area contributed by atoms with Gasteiger partial charge in [0.2, 0.25) is 6.41 Å². The molecule has 0 bridgehead atoms. The van der Waals surface area contributed by atoms with E-state index in [0.717, 1.165) is 64.2 Å². The van der Waals surface area contributed by atoms with Gasteiger partial charge < -0.3 is 30.5 Å². The van der Waals surface area contributed by atoms with Crippen LogP contribution in [0.25, 0.3) is 0 Å². The molecule has 45 heavy (non-hydrogen) atoms. The molecule has 0 aromatic rings. The van der Waals surface area contributed by atoms with Crippen LogP contribution >= 0.6 is 0 Å². The number of hydrogen-bond donors (Lipinski definition) is 5. The van der Waals surface area contributed by atoms with Gasteiger partial charge in [-0.25, -0.2) is 0 Å². The second-order valence-electron chi connectivity index (χ2n) is 12.6. The van der Waals surface area contributed by atoms with Crippen molar-refractivity contribution < 1.29 is 34.8 Å².